The fourth-order valence-corrected chi connectivity index (χ4v) is 4.48. The molecule has 0 aromatic carbocycles. The fraction of sp³-hybridized carbons (Fsp3) is 0.682. The van der Waals surface area contributed by atoms with Crippen molar-refractivity contribution in [3.8, 4) is 0 Å². The molecule has 4 atom stereocenters. The SMILES string of the molecule is CSCCC(N)C(=O)NC(CCCCN)C(=O)N1CCCC1C(=O)NC(Cc1cnc[nH]1)C(=O)O. The Labute approximate surface area is 209 Å². The Hall–Kier alpha value is -2.64. The minimum atomic E-state index is -1.19. The van der Waals surface area contributed by atoms with Gasteiger partial charge >= 0.3 is 5.97 Å². The molecule has 13 heteroatoms. The Morgan fingerprint density at radius 2 is 2.03 bits per heavy atom. The number of carbonyl (C=O) groups excluding carboxylic acids is 3. The third-order valence-corrected chi connectivity index (χ3v) is 6.61. The monoisotopic (exact) mass is 511 g/mol. The van der Waals surface area contributed by atoms with Crippen LogP contribution < -0.4 is 22.1 Å². The average molecular weight is 512 g/mol. The molecule has 1 aliphatic rings. The number of hydrogen-bond acceptors (Lipinski definition) is 8. The number of imidazole rings is 1. The molecule has 35 heavy (non-hydrogen) atoms. The van der Waals surface area contributed by atoms with Crippen LogP contribution in [0.4, 0.5) is 0 Å². The number of carbonyl (C=O) groups is 4. The first kappa shape index (κ1) is 28.6. The second kappa shape index (κ2) is 14.7. The zero-order chi connectivity index (χ0) is 25.8. The minimum Gasteiger partial charge on any atom is -0.480 e. The van der Waals surface area contributed by atoms with Gasteiger partial charge in [0, 0.05) is 24.9 Å². The lowest BCUT2D eigenvalue weighted by atomic mass is 10.1. The molecule has 1 aromatic heterocycles. The van der Waals surface area contributed by atoms with Gasteiger partial charge in [-0.1, -0.05) is 0 Å². The molecule has 8 N–H and O–H groups in total. The third kappa shape index (κ3) is 8.82. The van der Waals surface area contributed by atoms with Gasteiger partial charge in [-0.3, -0.25) is 14.4 Å². The molecular weight excluding hydrogens is 474 g/mol. The molecule has 0 aliphatic carbocycles. The molecule has 4 unspecified atom stereocenters. The Balaban J connectivity index is 2.08. The van der Waals surface area contributed by atoms with Gasteiger partial charge < -0.3 is 37.1 Å². The number of carboxylic acids is 1. The number of nitrogens with two attached hydrogens (primary N) is 2. The first-order valence-electron chi connectivity index (χ1n) is 11.8. The lowest BCUT2D eigenvalue weighted by molar-refractivity contribution is -0.145. The van der Waals surface area contributed by atoms with Crippen molar-refractivity contribution in [1.29, 1.82) is 0 Å². The number of amides is 3. The van der Waals surface area contributed by atoms with Crippen molar-refractivity contribution in [1.82, 2.24) is 25.5 Å². The largest absolute Gasteiger partial charge is 0.480 e. The van der Waals surface area contributed by atoms with Gasteiger partial charge in [-0.25, -0.2) is 9.78 Å². The number of carboxylic acid groups (broad SMARTS) is 1. The van der Waals surface area contributed by atoms with E-state index in [2.05, 4.69) is 20.6 Å². The molecule has 12 nitrogen and oxygen atoms in total. The maximum Gasteiger partial charge on any atom is 0.326 e. The summed E-state index contributed by atoms with van der Waals surface area (Å²) in [5, 5.41) is 14.9. The van der Waals surface area contributed by atoms with Crippen molar-refractivity contribution < 1.29 is 24.3 Å². The lowest BCUT2D eigenvalue weighted by Gasteiger charge is -2.30. The van der Waals surface area contributed by atoms with E-state index in [4.69, 9.17) is 11.5 Å². The first-order chi connectivity index (χ1) is 16.8. The molecule has 3 amide bonds. The van der Waals surface area contributed by atoms with Crippen molar-refractivity contribution >= 4 is 35.5 Å². The summed E-state index contributed by atoms with van der Waals surface area (Å²) >= 11 is 1.58. The Morgan fingerprint density at radius 1 is 1.26 bits per heavy atom. The van der Waals surface area contributed by atoms with Gasteiger partial charge in [0.15, 0.2) is 0 Å². The third-order valence-electron chi connectivity index (χ3n) is 5.96. The Kier molecular flexibility index (Phi) is 12.0. The van der Waals surface area contributed by atoms with Crippen LogP contribution in [0.25, 0.3) is 0 Å². The maximum atomic E-state index is 13.4. The van der Waals surface area contributed by atoms with Crippen LogP contribution in [-0.4, -0.2) is 92.9 Å². The molecule has 0 bridgehead atoms. The number of aromatic nitrogens is 2. The molecule has 2 heterocycles. The van der Waals surface area contributed by atoms with Gasteiger partial charge in [-0.2, -0.15) is 11.8 Å². The average Bonchev–Trinajstić information content (AvgIpc) is 3.53. The molecule has 0 saturated carbocycles. The van der Waals surface area contributed by atoms with E-state index in [1.165, 1.54) is 17.4 Å². The van der Waals surface area contributed by atoms with Crippen molar-refractivity contribution in [2.24, 2.45) is 11.5 Å². The fourth-order valence-electron chi connectivity index (χ4n) is 3.99. The van der Waals surface area contributed by atoms with Crippen molar-refractivity contribution in [2.45, 2.75) is 69.1 Å². The summed E-state index contributed by atoms with van der Waals surface area (Å²) in [6, 6.07) is -3.55. The summed E-state index contributed by atoms with van der Waals surface area (Å²) < 4.78 is 0. The zero-order valence-electron chi connectivity index (χ0n) is 20.1. The normalized spacial score (nSPS) is 18.0. The van der Waals surface area contributed by atoms with Crippen LogP contribution in [0.3, 0.4) is 0 Å². The van der Waals surface area contributed by atoms with E-state index < -0.39 is 42.0 Å². The van der Waals surface area contributed by atoms with Crippen LogP contribution in [0.15, 0.2) is 12.5 Å². The molecule has 1 aliphatic heterocycles. The summed E-state index contributed by atoms with van der Waals surface area (Å²) in [5.41, 5.74) is 12.1. The van der Waals surface area contributed by atoms with Crippen molar-refractivity contribution in [3.63, 3.8) is 0 Å². The minimum absolute atomic E-state index is 0.0352. The van der Waals surface area contributed by atoms with Crippen LogP contribution in [0, 0.1) is 0 Å². The molecule has 0 radical (unpaired) electrons. The van der Waals surface area contributed by atoms with Gasteiger partial charge in [0.2, 0.25) is 17.7 Å². The number of rotatable bonds is 15. The highest BCUT2D eigenvalue weighted by molar-refractivity contribution is 7.98. The van der Waals surface area contributed by atoms with E-state index in [1.807, 2.05) is 6.26 Å². The van der Waals surface area contributed by atoms with E-state index in [0.717, 1.165) is 5.75 Å². The topological polar surface area (TPSA) is 197 Å². The van der Waals surface area contributed by atoms with Crippen LogP contribution in [0.2, 0.25) is 0 Å². The molecular formula is C22H37N7O5S. The second-order valence-electron chi connectivity index (χ2n) is 8.60. The van der Waals surface area contributed by atoms with E-state index in [9.17, 15) is 24.3 Å². The van der Waals surface area contributed by atoms with Crippen molar-refractivity contribution in [3.05, 3.63) is 18.2 Å². The highest BCUT2D eigenvalue weighted by Gasteiger charge is 2.39. The highest BCUT2D eigenvalue weighted by Crippen LogP contribution is 2.20. The number of nitrogens with one attached hydrogen (secondary N) is 3. The van der Waals surface area contributed by atoms with Gasteiger partial charge in [0.05, 0.1) is 12.4 Å². The van der Waals surface area contributed by atoms with Gasteiger partial charge in [0.25, 0.3) is 0 Å². The molecule has 1 fully saturated rings. The van der Waals surface area contributed by atoms with Crippen LogP contribution in [0.1, 0.15) is 44.2 Å². The Bertz CT molecular complexity index is 838. The number of hydrogen-bond donors (Lipinski definition) is 6. The standard InChI is InChI=1S/C22H37N7O5S/c1-35-10-7-15(24)19(30)27-16(5-2-3-8-23)21(32)29-9-4-6-18(29)20(31)28-17(22(33)34)11-14-12-25-13-26-14/h12-13,15-18H,2-11,23-24H2,1H3,(H,25,26)(H,27,30)(H,28,31)(H,33,34). The van der Waals surface area contributed by atoms with E-state index in [-0.39, 0.29) is 12.3 Å². The molecule has 2 rings (SSSR count). The van der Waals surface area contributed by atoms with E-state index in [0.29, 0.717) is 57.3 Å². The quantitative estimate of drug-likeness (QED) is 0.163. The maximum absolute atomic E-state index is 13.4. The van der Waals surface area contributed by atoms with E-state index in [1.54, 1.807) is 11.8 Å². The predicted octanol–water partition coefficient (Wildman–Crippen LogP) is -0.793. The zero-order valence-corrected chi connectivity index (χ0v) is 20.9. The summed E-state index contributed by atoms with van der Waals surface area (Å²) in [6.07, 6.45) is 8.06. The number of unbranched alkanes of at least 4 members (excludes halogenated alkanes) is 1. The molecule has 196 valence electrons. The van der Waals surface area contributed by atoms with Crippen LogP contribution in [0.5, 0.6) is 0 Å². The highest BCUT2D eigenvalue weighted by atomic mass is 32.2. The van der Waals surface area contributed by atoms with Crippen LogP contribution in [-0.2, 0) is 25.6 Å². The molecule has 0 spiro atoms. The van der Waals surface area contributed by atoms with Crippen molar-refractivity contribution in [2.75, 3.05) is 25.1 Å². The lowest BCUT2D eigenvalue weighted by Crippen LogP contribution is -2.57. The number of aromatic amines is 1. The first-order valence-corrected chi connectivity index (χ1v) is 13.2. The van der Waals surface area contributed by atoms with Gasteiger partial charge in [0.1, 0.15) is 18.1 Å². The number of likely N-dealkylation sites (tertiary alicyclic amines) is 1. The summed E-state index contributed by atoms with van der Waals surface area (Å²) in [6.45, 7) is 0.806. The summed E-state index contributed by atoms with van der Waals surface area (Å²) in [7, 11) is 0. The number of thioether (sulfide) groups is 1. The van der Waals surface area contributed by atoms with E-state index >= 15 is 0 Å². The number of nitrogens with zero attached hydrogens (tertiary/aromatic N) is 2. The van der Waals surface area contributed by atoms with Crippen LogP contribution >= 0.6 is 11.8 Å². The number of aliphatic carboxylic acids is 1. The predicted molar refractivity (Wildman–Crippen MR) is 132 cm³/mol. The smallest absolute Gasteiger partial charge is 0.326 e. The molecule has 1 saturated heterocycles. The Morgan fingerprint density at radius 3 is 2.66 bits per heavy atom. The summed E-state index contributed by atoms with van der Waals surface area (Å²) in [4.78, 5) is 58.9. The summed E-state index contributed by atoms with van der Waals surface area (Å²) in [5.74, 6) is -1.78. The molecule has 1 aromatic rings. The second-order valence-corrected chi connectivity index (χ2v) is 9.59. The number of H-pyrrole nitrogens is 1. The van der Waals surface area contributed by atoms with Gasteiger partial charge in [-0.05, 0) is 57.1 Å². The van der Waals surface area contributed by atoms with Gasteiger partial charge in [-0.15, -0.1) is 0 Å².